The molecule has 1 amide bonds. The molecule has 0 aliphatic rings. The van der Waals surface area contributed by atoms with Gasteiger partial charge < -0.3 is 10.6 Å². The van der Waals surface area contributed by atoms with Crippen LogP contribution in [0.3, 0.4) is 0 Å². The maximum Gasteiger partial charge on any atom is 0.225 e. The van der Waals surface area contributed by atoms with Gasteiger partial charge in [-0.15, -0.1) is 0 Å². The third kappa shape index (κ3) is 5.65. The van der Waals surface area contributed by atoms with E-state index in [0.29, 0.717) is 12.1 Å². The van der Waals surface area contributed by atoms with Crippen molar-refractivity contribution in [2.75, 3.05) is 11.9 Å². The lowest BCUT2D eigenvalue weighted by Crippen LogP contribution is -2.31. The largest absolute Gasteiger partial charge is 0.326 e. The number of nitrogens with one attached hydrogen (secondary N) is 2. The summed E-state index contributed by atoms with van der Waals surface area (Å²) in [6.45, 7) is 3.62. The highest BCUT2D eigenvalue weighted by Gasteiger charge is 2.09. The molecule has 118 valence electrons. The fraction of sp³-hybridized carbons (Fsp3) is 0.375. The average Bonchev–Trinajstić information content (AvgIpc) is 2.96. The Morgan fingerprint density at radius 2 is 2.27 bits per heavy atom. The SMILES string of the molecule is CC(CC(=O)Nc1cccc(F)c1)NCCCn1cccn1. The monoisotopic (exact) mass is 304 g/mol. The second-order valence-electron chi connectivity index (χ2n) is 5.24. The molecular weight excluding hydrogens is 283 g/mol. The number of carbonyl (C=O) groups is 1. The van der Waals surface area contributed by atoms with E-state index < -0.39 is 0 Å². The van der Waals surface area contributed by atoms with Crippen molar-refractivity contribution < 1.29 is 9.18 Å². The molecule has 2 rings (SSSR count). The minimum atomic E-state index is -0.359. The maximum absolute atomic E-state index is 13.0. The molecule has 0 fully saturated rings. The van der Waals surface area contributed by atoms with Crippen LogP contribution in [0.4, 0.5) is 10.1 Å². The van der Waals surface area contributed by atoms with Gasteiger partial charge in [0.1, 0.15) is 5.82 Å². The van der Waals surface area contributed by atoms with Crippen LogP contribution in [0, 0.1) is 5.82 Å². The number of nitrogens with zero attached hydrogens (tertiary/aromatic N) is 2. The zero-order valence-corrected chi connectivity index (χ0v) is 12.6. The van der Waals surface area contributed by atoms with Gasteiger partial charge in [-0.1, -0.05) is 6.07 Å². The zero-order chi connectivity index (χ0) is 15.8. The molecule has 1 aromatic heterocycles. The van der Waals surface area contributed by atoms with Crippen LogP contribution < -0.4 is 10.6 Å². The second-order valence-corrected chi connectivity index (χ2v) is 5.24. The molecule has 1 unspecified atom stereocenters. The standard InChI is InChI=1S/C16H21FN4O/c1-13(18-7-3-9-21-10-4-8-19-21)11-16(22)20-15-6-2-5-14(17)12-15/h2,4-6,8,10,12-13,18H,3,7,9,11H2,1H3,(H,20,22). The van der Waals surface area contributed by atoms with Gasteiger partial charge in [0.05, 0.1) is 0 Å². The Kier molecular flexibility index (Phi) is 6.09. The summed E-state index contributed by atoms with van der Waals surface area (Å²) in [6, 6.07) is 7.85. The number of halogens is 1. The molecule has 6 heteroatoms. The van der Waals surface area contributed by atoms with Gasteiger partial charge in [-0.2, -0.15) is 5.10 Å². The molecule has 22 heavy (non-hydrogen) atoms. The minimum Gasteiger partial charge on any atom is -0.326 e. The van der Waals surface area contributed by atoms with E-state index in [4.69, 9.17) is 0 Å². The Morgan fingerprint density at radius 3 is 3.00 bits per heavy atom. The van der Waals surface area contributed by atoms with Gasteiger partial charge in [-0.3, -0.25) is 9.48 Å². The molecule has 5 nitrogen and oxygen atoms in total. The summed E-state index contributed by atoms with van der Waals surface area (Å²) in [4.78, 5) is 11.9. The number of carbonyl (C=O) groups excluding carboxylic acids is 1. The molecule has 0 radical (unpaired) electrons. The van der Waals surface area contributed by atoms with E-state index in [2.05, 4.69) is 15.7 Å². The molecule has 2 N–H and O–H groups in total. The summed E-state index contributed by atoms with van der Waals surface area (Å²) in [5.74, 6) is -0.486. The molecule has 1 aromatic carbocycles. The molecule has 0 bridgehead atoms. The fourth-order valence-electron chi connectivity index (χ4n) is 2.15. The van der Waals surface area contributed by atoms with Crippen molar-refractivity contribution in [2.24, 2.45) is 0 Å². The fourth-order valence-corrected chi connectivity index (χ4v) is 2.15. The van der Waals surface area contributed by atoms with E-state index in [-0.39, 0.29) is 17.8 Å². The predicted octanol–water partition coefficient (Wildman–Crippen LogP) is 2.42. The highest BCUT2D eigenvalue weighted by molar-refractivity contribution is 5.91. The average molecular weight is 304 g/mol. The lowest BCUT2D eigenvalue weighted by atomic mass is 10.2. The Balaban J connectivity index is 1.63. The van der Waals surface area contributed by atoms with Crippen molar-refractivity contribution in [3.63, 3.8) is 0 Å². The van der Waals surface area contributed by atoms with Crippen molar-refractivity contribution in [1.29, 1.82) is 0 Å². The van der Waals surface area contributed by atoms with Crippen LogP contribution in [0.25, 0.3) is 0 Å². The van der Waals surface area contributed by atoms with Crippen molar-refractivity contribution in [3.8, 4) is 0 Å². The summed E-state index contributed by atoms with van der Waals surface area (Å²) >= 11 is 0. The van der Waals surface area contributed by atoms with Crippen LogP contribution in [0.1, 0.15) is 19.8 Å². The third-order valence-electron chi connectivity index (χ3n) is 3.22. The third-order valence-corrected chi connectivity index (χ3v) is 3.22. The molecule has 2 aromatic rings. The van der Waals surface area contributed by atoms with E-state index in [1.54, 1.807) is 18.3 Å². The van der Waals surface area contributed by atoms with Crippen molar-refractivity contribution in [1.82, 2.24) is 15.1 Å². The first-order valence-electron chi connectivity index (χ1n) is 7.40. The predicted molar refractivity (Wildman–Crippen MR) is 84.0 cm³/mol. The summed E-state index contributed by atoms with van der Waals surface area (Å²) in [7, 11) is 0. The van der Waals surface area contributed by atoms with Crippen molar-refractivity contribution >= 4 is 11.6 Å². The van der Waals surface area contributed by atoms with Gasteiger partial charge in [0.15, 0.2) is 0 Å². The molecule has 0 spiro atoms. The molecule has 0 saturated heterocycles. The Hall–Kier alpha value is -2.21. The molecular formula is C16H21FN4O. The van der Waals surface area contributed by atoms with Gasteiger partial charge in [0.2, 0.25) is 5.91 Å². The Morgan fingerprint density at radius 1 is 1.41 bits per heavy atom. The number of benzene rings is 1. The van der Waals surface area contributed by atoms with Crippen LogP contribution in [-0.2, 0) is 11.3 Å². The van der Waals surface area contributed by atoms with Crippen molar-refractivity contribution in [3.05, 3.63) is 48.5 Å². The normalized spacial score (nSPS) is 12.1. The van der Waals surface area contributed by atoms with Gasteiger partial charge in [0, 0.05) is 37.1 Å². The van der Waals surface area contributed by atoms with Gasteiger partial charge in [-0.25, -0.2) is 4.39 Å². The number of amides is 1. The second kappa shape index (κ2) is 8.29. The molecule has 0 aliphatic carbocycles. The van der Waals surface area contributed by atoms with Crippen LogP contribution in [0.5, 0.6) is 0 Å². The molecule has 1 atom stereocenters. The van der Waals surface area contributed by atoms with E-state index >= 15 is 0 Å². The number of hydrogen-bond donors (Lipinski definition) is 2. The van der Waals surface area contributed by atoms with E-state index in [1.165, 1.54) is 12.1 Å². The van der Waals surface area contributed by atoms with Crippen molar-refractivity contribution in [2.45, 2.75) is 32.4 Å². The number of rotatable bonds is 8. The number of aromatic nitrogens is 2. The lowest BCUT2D eigenvalue weighted by molar-refractivity contribution is -0.116. The van der Waals surface area contributed by atoms with Crippen LogP contribution in [-0.4, -0.2) is 28.3 Å². The first kappa shape index (κ1) is 16.2. The summed E-state index contributed by atoms with van der Waals surface area (Å²) in [6.07, 6.45) is 4.97. The topological polar surface area (TPSA) is 59.0 Å². The van der Waals surface area contributed by atoms with E-state index in [9.17, 15) is 9.18 Å². The van der Waals surface area contributed by atoms with Crippen LogP contribution in [0.2, 0.25) is 0 Å². The van der Waals surface area contributed by atoms with E-state index in [0.717, 1.165) is 19.5 Å². The summed E-state index contributed by atoms with van der Waals surface area (Å²) in [5.41, 5.74) is 0.482. The summed E-state index contributed by atoms with van der Waals surface area (Å²) < 4.78 is 14.9. The minimum absolute atomic E-state index is 0.0613. The smallest absolute Gasteiger partial charge is 0.225 e. The van der Waals surface area contributed by atoms with Gasteiger partial charge >= 0.3 is 0 Å². The van der Waals surface area contributed by atoms with Gasteiger partial charge in [-0.05, 0) is 44.2 Å². The molecule has 0 saturated carbocycles. The lowest BCUT2D eigenvalue weighted by Gasteiger charge is -2.13. The Bertz CT molecular complexity index is 586. The highest BCUT2D eigenvalue weighted by Crippen LogP contribution is 2.09. The zero-order valence-electron chi connectivity index (χ0n) is 12.6. The van der Waals surface area contributed by atoms with E-state index in [1.807, 2.05) is 23.9 Å². The maximum atomic E-state index is 13.0. The number of aryl methyl sites for hydroxylation is 1. The molecule has 1 heterocycles. The van der Waals surface area contributed by atoms with Crippen LogP contribution in [0.15, 0.2) is 42.7 Å². The number of hydrogen-bond acceptors (Lipinski definition) is 3. The first-order valence-corrected chi connectivity index (χ1v) is 7.40. The van der Waals surface area contributed by atoms with Gasteiger partial charge in [0.25, 0.3) is 0 Å². The Labute approximate surface area is 129 Å². The first-order chi connectivity index (χ1) is 10.6. The van der Waals surface area contributed by atoms with Crippen LogP contribution >= 0.6 is 0 Å². The quantitative estimate of drug-likeness (QED) is 0.736. The number of anilines is 1. The highest BCUT2D eigenvalue weighted by atomic mass is 19.1. The molecule has 0 aliphatic heterocycles. The summed E-state index contributed by atoms with van der Waals surface area (Å²) in [5, 5.41) is 10.1.